The van der Waals surface area contributed by atoms with E-state index in [4.69, 9.17) is 16.9 Å². The third-order valence-electron chi connectivity index (χ3n) is 1.07. The van der Waals surface area contributed by atoms with Gasteiger partial charge in [0.2, 0.25) is 0 Å². The minimum Gasteiger partial charge on any atom is -0.306 e. The molecule has 0 spiro atoms. The van der Waals surface area contributed by atoms with Crippen molar-refractivity contribution in [3.63, 3.8) is 0 Å². The van der Waals surface area contributed by atoms with E-state index in [1.165, 1.54) is 6.07 Å². The van der Waals surface area contributed by atoms with E-state index in [-0.39, 0.29) is 5.75 Å². The van der Waals surface area contributed by atoms with Gasteiger partial charge in [0.05, 0.1) is 0 Å². The van der Waals surface area contributed by atoms with Crippen LogP contribution in [-0.4, -0.2) is 5.26 Å². The first-order valence-corrected chi connectivity index (χ1v) is 3.78. The number of hydrogen-bond acceptors (Lipinski definition) is 8. The van der Waals surface area contributed by atoms with Gasteiger partial charge in [0.15, 0.2) is 5.75 Å². The molecule has 84 valence electrons. The first kappa shape index (κ1) is 12.1. The molecule has 0 amide bonds. The molecule has 0 aromatic heterocycles. The molecule has 8 nitrogen and oxygen atoms in total. The van der Waals surface area contributed by atoms with Crippen molar-refractivity contribution in [2.75, 3.05) is 0 Å². The molecule has 1 aromatic rings. The number of hydrogen-bond donors (Lipinski definition) is 1. The van der Waals surface area contributed by atoms with Crippen LogP contribution in [0.25, 0.3) is 0 Å². The number of halogens is 1. The lowest BCUT2D eigenvalue weighted by Gasteiger charge is -2.00. The standard InChI is InChI=1S/C6H5ClO8/c7-5-2-1-3-6(4-5)9-11-13-15-14-12-10-8/h1-4,8H. The quantitative estimate of drug-likeness (QED) is 0.438. The Morgan fingerprint density at radius 3 is 2.47 bits per heavy atom. The van der Waals surface area contributed by atoms with Gasteiger partial charge in [-0.25, -0.2) is 5.26 Å². The summed E-state index contributed by atoms with van der Waals surface area (Å²) in [6.45, 7) is 0. The molecule has 0 radical (unpaired) electrons. The van der Waals surface area contributed by atoms with E-state index < -0.39 is 0 Å². The molecular formula is C6H5ClO8. The topological polar surface area (TPSA) is 84.8 Å². The van der Waals surface area contributed by atoms with Crippen LogP contribution in [0.2, 0.25) is 5.02 Å². The molecule has 0 saturated carbocycles. The van der Waals surface area contributed by atoms with Crippen LogP contribution in [0.1, 0.15) is 0 Å². The molecule has 0 aliphatic rings. The molecule has 1 N–H and O–H groups in total. The van der Waals surface area contributed by atoms with E-state index in [1.807, 2.05) is 0 Å². The molecule has 0 unspecified atom stereocenters. The summed E-state index contributed by atoms with van der Waals surface area (Å²) in [6, 6.07) is 6.27. The molecule has 0 fully saturated rings. The second kappa shape index (κ2) is 7.34. The van der Waals surface area contributed by atoms with E-state index in [1.54, 1.807) is 18.2 Å². The third kappa shape index (κ3) is 5.47. The van der Waals surface area contributed by atoms with Crippen LogP contribution in [0, 0.1) is 0 Å². The Kier molecular flexibility index (Phi) is 5.92. The summed E-state index contributed by atoms with van der Waals surface area (Å²) in [5, 5.41) is 29.3. The Morgan fingerprint density at radius 1 is 1.00 bits per heavy atom. The van der Waals surface area contributed by atoms with Crippen molar-refractivity contribution in [3.8, 4) is 5.75 Å². The van der Waals surface area contributed by atoms with E-state index in [0.29, 0.717) is 5.02 Å². The fraction of sp³-hybridized carbons (Fsp3) is 0. The third-order valence-corrected chi connectivity index (χ3v) is 1.30. The van der Waals surface area contributed by atoms with Crippen molar-refractivity contribution in [1.29, 1.82) is 0 Å². The minimum absolute atomic E-state index is 0.269. The largest absolute Gasteiger partial charge is 0.306 e. The van der Waals surface area contributed by atoms with E-state index in [2.05, 4.69) is 35.1 Å². The van der Waals surface area contributed by atoms with Gasteiger partial charge in [-0.2, -0.15) is 0 Å². The Hall–Kier alpha value is -0.970. The molecule has 0 heterocycles. The van der Waals surface area contributed by atoms with Gasteiger partial charge < -0.3 is 4.89 Å². The smallest absolute Gasteiger partial charge is 0.170 e. The zero-order valence-corrected chi connectivity index (χ0v) is 7.75. The second-order valence-corrected chi connectivity index (χ2v) is 2.39. The van der Waals surface area contributed by atoms with E-state index in [9.17, 15) is 0 Å². The number of benzene rings is 1. The van der Waals surface area contributed by atoms with Crippen molar-refractivity contribution >= 4 is 11.6 Å². The summed E-state index contributed by atoms with van der Waals surface area (Å²) < 4.78 is 0. The van der Waals surface area contributed by atoms with Crippen LogP contribution in [0.5, 0.6) is 5.75 Å². The highest BCUT2D eigenvalue weighted by Gasteiger charge is 1.98. The average Bonchev–Trinajstić information content (AvgIpc) is 2.23. The lowest BCUT2D eigenvalue weighted by molar-refractivity contribution is -0.806. The van der Waals surface area contributed by atoms with Gasteiger partial charge in [-0.15, -0.1) is 0 Å². The summed E-state index contributed by atoms with van der Waals surface area (Å²) in [7, 11) is 0. The van der Waals surface area contributed by atoms with Crippen molar-refractivity contribution < 1.29 is 40.4 Å². The molecule has 1 aromatic carbocycles. The fourth-order valence-corrected chi connectivity index (χ4v) is 0.799. The summed E-state index contributed by atoms with van der Waals surface area (Å²) >= 11 is 5.63. The van der Waals surface area contributed by atoms with Crippen LogP contribution in [-0.2, 0) is 30.2 Å². The maximum Gasteiger partial charge on any atom is 0.170 e. The van der Waals surface area contributed by atoms with Crippen molar-refractivity contribution in [2.24, 2.45) is 0 Å². The molecule has 9 heteroatoms. The number of rotatable bonds is 7. The molecule has 1 rings (SSSR count). The van der Waals surface area contributed by atoms with Crippen molar-refractivity contribution in [3.05, 3.63) is 29.3 Å². The van der Waals surface area contributed by atoms with Crippen molar-refractivity contribution in [2.45, 2.75) is 0 Å². The maximum atomic E-state index is 7.56. The highest BCUT2D eigenvalue weighted by atomic mass is 35.5. The SMILES string of the molecule is OOOOOOOOc1cccc(Cl)c1. The molecule has 0 bridgehead atoms. The molecule has 0 saturated heterocycles. The van der Waals surface area contributed by atoms with E-state index in [0.717, 1.165) is 0 Å². The molecule has 0 aliphatic carbocycles. The van der Waals surface area contributed by atoms with Gasteiger partial charge in [0.1, 0.15) is 0 Å². The fourth-order valence-electron chi connectivity index (χ4n) is 0.618. The molecular weight excluding hydrogens is 236 g/mol. The summed E-state index contributed by atoms with van der Waals surface area (Å²) in [4.78, 5) is 4.50. The zero-order valence-electron chi connectivity index (χ0n) is 6.99. The summed E-state index contributed by atoms with van der Waals surface area (Å²) in [5.41, 5.74) is 0. The highest BCUT2D eigenvalue weighted by Crippen LogP contribution is 2.17. The normalized spacial score (nSPS) is 10.3. The Morgan fingerprint density at radius 2 is 1.73 bits per heavy atom. The average molecular weight is 241 g/mol. The van der Waals surface area contributed by atoms with Crippen LogP contribution >= 0.6 is 11.6 Å². The second-order valence-electron chi connectivity index (χ2n) is 1.96. The maximum absolute atomic E-state index is 7.56. The predicted octanol–water partition coefficient (Wildman–Crippen LogP) is 1.78. The lowest BCUT2D eigenvalue weighted by atomic mass is 10.3. The zero-order chi connectivity index (χ0) is 10.9. The predicted molar refractivity (Wildman–Crippen MR) is 41.2 cm³/mol. The molecule has 0 aliphatic heterocycles. The Labute approximate surface area is 87.8 Å². The van der Waals surface area contributed by atoms with Gasteiger partial charge in [-0.1, -0.05) is 17.7 Å². The summed E-state index contributed by atoms with van der Waals surface area (Å²) in [6.07, 6.45) is 0. The monoisotopic (exact) mass is 240 g/mol. The minimum atomic E-state index is 0.269. The van der Waals surface area contributed by atoms with Gasteiger partial charge >= 0.3 is 0 Å². The van der Waals surface area contributed by atoms with Crippen LogP contribution < -0.4 is 4.89 Å². The first-order valence-electron chi connectivity index (χ1n) is 3.40. The first-order chi connectivity index (χ1) is 7.33. The summed E-state index contributed by atoms with van der Waals surface area (Å²) in [5.74, 6) is 0.269. The van der Waals surface area contributed by atoms with Gasteiger partial charge in [-0.3, -0.25) is 0 Å². The van der Waals surface area contributed by atoms with Crippen molar-refractivity contribution in [1.82, 2.24) is 0 Å². The lowest BCUT2D eigenvalue weighted by Crippen LogP contribution is -2.02. The van der Waals surface area contributed by atoms with E-state index >= 15 is 0 Å². The molecule has 0 atom stereocenters. The highest BCUT2D eigenvalue weighted by molar-refractivity contribution is 6.30. The van der Waals surface area contributed by atoms with Gasteiger partial charge in [0.25, 0.3) is 0 Å². The Bertz CT molecular complexity index is 282. The van der Waals surface area contributed by atoms with Crippen LogP contribution in [0.3, 0.4) is 0 Å². The van der Waals surface area contributed by atoms with Crippen LogP contribution in [0.15, 0.2) is 24.3 Å². The Balaban J connectivity index is 2.10. The van der Waals surface area contributed by atoms with Gasteiger partial charge in [0, 0.05) is 26.2 Å². The van der Waals surface area contributed by atoms with Crippen LogP contribution in [0.4, 0.5) is 0 Å². The molecule has 15 heavy (non-hydrogen) atoms. The van der Waals surface area contributed by atoms with Gasteiger partial charge in [-0.05, 0) is 27.2 Å².